The Morgan fingerprint density at radius 3 is 2.75 bits per heavy atom. The average Bonchev–Trinajstić information content (AvgIpc) is 2.87. The summed E-state index contributed by atoms with van der Waals surface area (Å²) in [5, 5.41) is 3.83. The first-order chi connectivity index (χ1) is 7.75. The number of fused-ring (bicyclic) bond motifs is 3. The number of hydrogen-bond acceptors (Lipinski definition) is 1. The Kier molecular flexibility index (Phi) is 1.24. The number of rotatable bonds is 0. The van der Waals surface area contributed by atoms with Crippen molar-refractivity contribution in [3.8, 4) is 0 Å². The van der Waals surface area contributed by atoms with Crippen molar-refractivity contribution in [2.24, 2.45) is 0 Å². The maximum Gasteiger partial charge on any atom is 0.212 e. The lowest BCUT2D eigenvalue weighted by molar-refractivity contribution is 0.564. The largest absolute Gasteiger partial charge is 0.444 e. The van der Waals surface area contributed by atoms with Crippen molar-refractivity contribution in [3.63, 3.8) is 0 Å². The van der Waals surface area contributed by atoms with E-state index in [1.54, 1.807) is 0 Å². The second-order valence-corrected chi connectivity index (χ2v) is 4.46. The molecular weight excluding hydrogens is 198 g/mol. The molecule has 16 heavy (non-hydrogen) atoms. The molecule has 0 unspecified atom stereocenters. The fourth-order valence-corrected chi connectivity index (χ4v) is 2.70. The highest BCUT2D eigenvalue weighted by Crippen LogP contribution is 2.35. The Bertz CT molecular complexity index is 819. The number of aryl methyl sites for hydroxylation is 2. The summed E-state index contributed by atoms with van der Waals surface area (Å²) in [4.78, 5) is 0. The Labute approximate surface area is 92.4 Å². The van der Waals surface area contributed by atoms with E-state index in [0.717, 1.165) is 11.5 Å². The number of para-hydroxylation sites is 1. The van der Waals surface area contributed by atoms with Crippen molar-refractivity contribution in [1.82, 2.24) is 4.40 Å². The standard InChI is InChI=1S/C14H11NO/c1-8-7-15-13-10(8)4-3-5-11(13)12-6-9(2)16-14(12)15/h3-7H,1-2H3. The monoisotopic (exact) mass is 209 g/mol. The summed E-state index contributed by atoms with van der Waals surface area (Å²) in [5.41, 5.74) is 3.56. The topological polar surface area (TPSA) is 17.6 Å². The highest BCUT2D eigenvalue weighted by atomic mass is 16.3. The quantitative estimate of drug-likeness (QED) is 0.429. The number of aromatic nitrogens is 1. The third-order valence-corrected chi connectivity index (χ3v) is 3.37. The third-order valence-electron chi connectivity index (χ3n) is 3.37. The second kappa shape index (κ2) is 2.40. The predicted molar refractivity (Wildman–Crippen MR) is 65.3 cm³/mol. The van der Waals surface area contributed by atoms with E-state index in [0.29, 0.717) is 0 Å². The molecule has 0 atom stereocenters. The third kappa shape index (κ3) is 0.757. The first-order valence-corrected chi connectivity index (χ1v) is 5.47. The van der Waals surface area contributed by atoms with E-state index in [1.807, 2.05) is 6.92 Å². The molecule has 0 aliphatic rings. The Morgan fingerprint density at radius 2 is 1.88 bits per heavy atom. The van der Waals surface area contributed by atoms with Crippen molar-refractivity contribution >= 4 is 27.4 Å². The van der Waals surface area contributed by atoms with Gasteiger partial charge in [0.25, 0.3) is 0 Å². The molecule has 0 spiro atoms. The molecule has 4 aromatic rings. The zero-order valence-corrected chi connectivity index (χ0v) is 9.24. The molecule has 4 rings (SSSR count). The van der Waals surface area contributed by atoms with Gasteiger partial charge < -0.3 is 4.42 Å². The lowest BCUT2D eigenvalue weighted by atomic mass is 10.1. The van der Waals surface area contributed by atoms with E-state index < -0.39 is 0 Å². The summed E-state index contributed by atoms with van der Waals surface area (Å²) in [5.74, 6) is 0.971. The van der Waals surface area contributed by atoms with E-state index in [9.17, 15) is 0 Å². The summed E-state index contributed by atoms with van der Waals surface area (Å²) in [6.07, 6.45) is 2.16. The molecule has 3 aromatic heterocycles. The van der Waals surface area contributed by atoms with Gasteiger partial charge in [-0.1, -0.05) is 18.2 Å². The van der Waals surface area contributed by atoms with E-state index in [1.165, 1.54) is 27.2 Å². The van der Waals surface area contributed by atoms with Gasteiger partial charge in [-0.2, -0.15) is 0 Å². The molecule has 0 amide bonds. The zero-order chi connectivity index (χ0) is 10.9. The molecule has 0 saturated carbocycles. The molecule has 0 aliphatic heterocycles. The summed E-state index contributed by atoms with van der Waals surface area (Å²) in [6, 6.07) is 8.57. The fourth-order valence-electron chi connectivity index (χ4n) is 2.70. The highest BCUT2D eigenvalue weighted by Gasteiger charge is 2.16. The minimum atomic E-state index is 0.969. The molecule has 1 aromatic carbocycles. The van der Waals surface area contributed by atoms with Gasteiger partial charge in [0.2, 0.25) is 5.71 Å². The first kappa shape index (κ1) is 8.22. The van der Waals surface area contributed by atoms with Crippen molar-refractivity contribution in [2.75, 3.05) is 0 Å². The van der Waals surface area contributed by atoms with Gasteiger partial charge in [-0.3, -0.25) is 4.40 Å². The number of furan rings is 1. The van der Waals surface area contributed by atoms with Gasteiger partial charge >= 0.3 is 0 Å². The predicted octanol–water partition coefficient (Wildman–Crippen LogP) is 3.89. The van der Waals surface area contributed by atoms with Crippen LogP contribution in [0, 0.1) is 13.8 Å². The molecule has 0 fully saturated rings. The summed E-state index contributed by atoms with van der Waals surface area (Å²) in [7, 11) is 0. The van der Waals surface area contributed by atoms with E-state index >= 15 is 0 Å². The first-order valence-electron chi connectivity index (χ1n) is 5.47. The molecule has 0 radical (unpaired) electrons. The summed E-state index contributed by atoms with van der Waals surface area (Å²) >= 11 is 0. The van der Waals surface area contributed by atoms with Crippen LogP contribution in [0.2, 0.25) is 0 Å². The van der Waals surface area contributed by atoms with Crippen molar-refractivity contribution in [1.29, 1.82) is 0 Å². The second-order valence-electron chi connectivity index (χ2n) is 4.46. The zero-order valence-electron chi connectivity index (χ0n) is 9.24. The van der Waals surface area contributed by atoms with Crippen LogP contribution in [0.5, 0.6) is 0 Å². The van der Waals surface area contributed by atoms with Crippen molar-refractivity contribution in [3.05, 3.63) is 41.8 Å². The normalized spacial score (nSPS) is 12.4. The summed E-state index contributed by atoms with van der Waals surface area (Å²) in [6.45, 7) is 4.14. The van der Waals surface area contributed by atoms with Gasteiger partial charge in [0.15, 0.2) is 0 Å². The lowest BCUT2D eigenvalue weighted by Crippen LogP contribution is -1.73. The molecular formula is C14H11NO. The average molecular weight is 209 g/mol. The fraction of sp³-hybridized carbons (Fsp3) is 0.143. The van der Waals surface area contributed by atoms with Crippen LogP contribution in [-0.2, 0) is 0 Å². The minimum Gasteiger partial charge on any atom is -0.444 e. The van der Waals surface area contributed by atoms with Crippen LogP contribution in [0.4, 0.5) is 0 Å². The van der Waals surface area contributed by atoms with E-state index in [-0.39, 0.29) is 0 Å². The van der Waals surface area contributed by atoms with Crippen LogP contribution < -0.4 is 0 Å². The minimum absolute atomic E-state index is 0.969. The Morgan fingerprint density at radius 1 is 1.06 bits per heavy atom. The molecule has 3 heterocycles. The molecule has 0 aliphatic carbocycles. The number of benzene rings is 1. The van der Waals surface area contributed by atoms with Crippen LogP contribution in [-0.4, -0.2) is 4.40 Å². The summed E-state index contributed by atoms with van der Waals surface area (Å²) < 4.78 is 7.94. The van der Waals surface area contributed by atoms with Gasteiger partial charge in [-0.05, 0) is 25.5 Å². The van der Waals surface area contributed by atoms with E-state index in [4.69, 9.17) is 4.42 Å². The van der Waals surface area contributed by atoms with Crippen molar-refractivity contribution < 1.29 is 4.42 Å². The van der Waals surface area contributed by atoms with Crippen LogP contribution in [0.15, 0.2) is 34.9 Å². The van der Waals surface area contributed by atoms with Gasteiger partial charge in [-0.15, -0.1) is 0 Å². The highest BCUT2D eigenvalue weighted by molar-refractivity contribution is 6.13. The van der Waals surface area contributed by atoms with Gasteiger partial charge in [0, 0.05) is 22.4 Å². The van der Waals surface area contributed by atoms with Crippen molar-refractivity contribution in [2.45, 2.75) is 13.8 Å². The van der Waals surface area contributed by atoms with Crippen LogP contribution >= 0.6 is 0 Å². The van der Waals surface area contributed by atoms with Gasteiger partial charge in [-0.25, -0.2) is 0 Å². The Balaban J connectivity index is 2.47. The number of hydrogen-bond donors (Lipinski definition) is 0. The lowest BCUT2D eigenvalue weighted by Gasteiger charge is -1.91. The molecule has 2 nitrogen and oxygen atoms in total. The Hall–Kier alpha value is -1.96. The maximum absolute atomic E-state index is 5.77. The maximum atomic E-state index is 5.77. The molecule has 0 bridgehead atoms. The SMILES string of the molecule is Cc1cc2c3cccc4c(C)cn(c2o1)c43. The van der Waals surface area contributed by atoms with Crippen LogP contribution in [0.3, 0.4) is 0 Å². The van der Waals surface area contributed by atoms with E-state index in [2.05, 4.69) is 41.8 Å². The van der Waals surface area contributed by atoms with Crippen LogP contribution in [0.1, 0.15) is 11.3 Å². The molecule has 0 N–H and O–H groups in total. The van der Waals surface area contributed by atoms with Crippen LogP contribution in [0.25, 0.3) is 27.4 Å². The molecule has 78 valence electrons. The molecule has 2 heteroatoms. The smallest absolute Gasteiger partial charge is 0.212 e. The molecule has 0 saturated heterocycles. The van der Waals surface area contributed by atoms with Gasteiger partial charge in [0.1, 0.15) is 5.76 Å². The van der Waals surface area contributed by atoms with Gasteiger partial charge in [0.05, 0.1) is 5.52 Å². The number of nitrogens with zero attached hydrogens (tertiary/aromatic N) is 1.